The first kappa shape index (κ1) is 8.05. The minimum atomic E-state index is 0.255. The van der Waals surface area contributed by atoms with Crippen LogP contribution < -0.4 is 5.73 Å². The molecule has 0 aromatic heterocycles. The van der Waals surface area contributed by atoms with Crippen molar-refractivity contribution in [1.29, 1.82) is 0 Å². The Morgan fingerprint density at radius 3 is 2.77 bits per heavy atom. The summed E-state index contributed by atoms with van der Waals surface area (Å²) < 4.78 is 0. The molecule has 2 N–H and O–H groups in total. The van der Waals surface area contributed by atoms with E-state index in [1.165, 1.54) is 31.3 Å². The fraction of sp³-hybridized carbons (Fsp3) is 0.833. The largest absolute Gasteiger partial charge is 0.325 e. The zero-order valence-corrected chi connectivity index (χ0v) is 8.42. The Kier molecular flexibility index (Phi) is 1.36. The molecule has 3 unspecified atom stereocenters. The molecule has 4 aliphatic rings. The smallest absolute Gasteiger partial charge is 0.0224 e. The van der Waals surface area contributed by atoms with Gasteiger partial charge in [-0.15, -0.1) is 0 Å². The van der Waals surface area contributed by atoms with Crippen LogP contribution in [0.3, 0.4) is 0 Å². The topological polar surface area (TPSA) is 26.0 Å². The monoisotopic (exact) mass is 177 g/mol. The molecule has 0 spiro atoms. The standard InChI is InChI=1S/C12H19N/c1-7(2)9-5-8-3-4-10(9)12(13)6-11(8)12/h8-11H,1,3-6,13H2,2H3/t8-,9?,10+,11?,12?/m1/s1. The average molecular weight is 177 g/mol. The lowest BCUT2D eigenvalue weighted by molar-refractivity contribution is 0.0899. The van der Waals surface area contributed by atoms with Gasteiger partial charge in [0.15, 0.2) is 0 Å². The van der Waals surface area contributed by atoms with Gasteiger partial charge in [0.2, 0.25) is 0 Å². The summed E-state index contributed by atoms with van der Waals surface area (Å²) >= 11 is 0. The van der Waals surface area contributed by atoms with Gasteiger partial charge < -0.3 is 5.73 Å². The van der Waals surface area contributed by atoms with E-state index in [-0.39, 0.29) is 5.54 Å². The van der Waals surface area contributed by atoms with Gasteiger partial charge in [0.25, 0.3) is 0 Å². The molecule has 1 heteroatoms. The van der Waals surface area contributed by atoms with Gasteiger partial charge in [-0.1, -0.05) is 12.2 Å². The number of hydrogen-bond donors (Lipinski definition) is 1. The van der Waals surface area contributed by atoms with E-state index in [9.17, 15) is 0 Å². The number of fused-ring (bicyclic) bond motifs is 2. The Morgan fingerprint density at radius 2 is 2.15 bits per heavy atom. The van der Waals surface area contributed by atoms with Crippen molar-refractivity contribution in [3.05, 3.63) is 12.2 Å². The number of allylic oxidation sites excluding steroid dienone is 1. The van der Waals surface area contributed by atoms with Gasteiger partial charge in [0, 0.05) is 5.54 Å². The van der Waals surface area contributed by atoms with Crippen LogP contribution in [0.25, 0.3) is 0 Å². The van der Waals surface area contributed by atoms with E-state index in [1.807, 2.05) is 0 Å². The first-order valence-electron chi connectivity index (χ1n) is 5.57. The van der Waals surface area contributed by atoms with Gasteiger partial charge >= 0.3 is 0 Å². The lowest BCUT2D eigenvalue weighted by Gasteiger charge is -2.46. The van der Waals surface area contributed by atoms with Crippen LogP contribution in [0.15, 0.2) is 12.2 Å². The maximum absolute atomic E-state index is 6.42. The number of rotatable bonds is 1. The molecule has 0 amide bonds. The molecule has 0 aliphatic heterocycles. The molecule has 0 aromatic carbocycles. The van der Waals surface area contributed by atoms with E-state index in [2.05, 4.69) is 13.5 Å². The molecule has 72 valence electrons. The molecular weight excluding hydrogens is 158 g/mol. The summed E-state index contributed by atoms with van der Waals surface area (Å²) in [4.78, 5) is 0. The minimum Gasteiger partial charge on any atom is -0.325 e. The second kappa shape index (κ2) is 2.20. The molecule has 0 heterocycles. The van der Waals surface area contributed by atoms with Crippen molar-refractivity contribution in [2.45, 2.75) is 38.1 Å². The zero-order valence-electron chi connectivity index (χ0n) is 8.42. The summed E-state index contributed by atoms with van der Waals surface area (Å²) in [6, 6.07) is 0. The normalized spacial score (nSPS) is 57.4. The summed E-state index contributed by atoms with van der Waals surface area (Å²) in [7, 11) is 0. The average Bonchev–Trinajstić information content (AvgIpc) is 2.80. The Labute approximate surface area is 80.4 Å². The van der Waals surface area contributed by atoms with Crippen molar-refractivity contribution in [3.63, 3.8) is 0 Å². The van der Waals surface area contributed by atoms with Crippen molar-refractivity contribution in [3.8, 4) is 0 Å². The van der Waals surface area contributed by atoms with E-state index in [0.717, 1.165) is 23.7 Å². The lowest BCUT2D eigenvalue weighted by Crippen LogP contribution is -2.49. The highest BCUT2D eigenvalue weighted by molar-refractivity contribution is 5.24. The van der Waals surface area contributed by atoms with Crippen molar-refractivity contribution >= 4 is 0 Å². The Bertz CT molecular complexity index is 270. The van der Waals surface area contributed by atoms with Crippen LogP contribution in [0.4, 0.5) is 0 Å². The molecular formula is C12H19N. The summed E-state index contributed by atoms with van der Waals surface area (Å²) in [6.45, 7) is 6.31. The second-order valence-electron chi connectivity index (χ2n) is 5.56. The van der Waals surface area contributed by atoms with Crippen LogP contribution in [0.2, 0.25) is 0 Å². The van der Waals surface area contributed by atoms with E-state index in [1.54, 1.807) is 0 Å². The summed E-state index contributed by atoms with van der Waals surface area (Å²) in [5.41, 5.74) is 8.06. The molecule has 5 atom stereocenters. The van der Waals surface area contributed by atoms with Crippen molar-refractivity contribution in [2.24, 2.45) is 29.4 Å². The highest BCUT2D eigenvalue weighted by Gasteiger charge is 2.66. The molecule has 4 aliphatic carbocycles. The van der Waals surface area contributed by atoms with Gasteiger partial charge in [-0.3, -0.25) is 0 Å². The van der Waals surface area contributed by atoms with Crippen LogP contribution in [-0.4, -0.2) is 5.54 Å². The SMILES string of the molecule is C=C(C)C1C[C@H]2CC[C@@H]1C1(N)CC21. The highest BCUT2D eigenvalue weighted by atomic mass is 14.9. The van der Waals surface area contributed by atoms with Gasteiger partial charge in [-0.2, -0.15) is 0 Å². The van der Waals surface area contributed by atoms with Crippen molar-refractivity contribution < 1.29 is 0 Å². The Balaban J connectivity index is 1.93. The fourth-order valence-electron chi connectivity index (χ4n) is 4.11. The van der Waals surface area contributed by atoms with E-state index in [4.69, 9.17) is 5.73 Å². The molecule has 4 fully saturated rings. The molecule has 2 bridgehead atoms. The maximum atomic E-state index is 6.42. The molecule has 0 radical (unpaired) electrons. The van der Waals surface area contributed by atoms with E-state index >= 15 is 0 Å². The van der Waals surface area contributed by atoms with Crippen LogP contribution in [-0.2, 0) is 0 Å². The number of hydrogen-bond acceptors (Lipinski definition) is 1. The van der Waals surface area contributed by atoms with E-state index in [0.29, 0.717) is 0 Å². The summed E-state index contributed by atoms with van der Waals surface area (Å²) in [6.07, 6.45) is 5.52. The Hall–Kier alpha value is -0.300. The van der Waals surface area contributed by atoms with Crippen molar-refractivity contribution in [2.75, 3.05) is 0 Å². The summed E-state index contributed by atoms with van der Waals surface area (Å²) in [5, 5.41) is 0. The summed E-state index contributed by atoms with van der Waals surface area (Å²) in [5.74, 6) is 3.36. The zero-order chi connectivity index (χ0) is 9.22. The third kappa shape index (κ3) is 0.864. The molecule has 13 heavy (non-hydrogen) atoms. The third-order valence-electron chi connectivity index (χ3n) is 4.89. The maximum Gasteiger partial charge on any atom is 0.0224 e. The Morgan fingerprint density at radius 1 is 1.38 bits per heavy atom. The number of nitrogens with two attached hydrogens (primary N) is 1. The van der Waals surface area contributed by atoms with Crippen LogP contribution in [0, 0.1) is 23.7 Å². The predicted octanol–water partition coefficient (Wildman–Crippen LogP) is 2.33. The van der Waals surface area contributed by atoms with Crippen molar-refractivity contribution in [1.82, 2.24) is 0 Å². The first-order valence-corrected chi connectivity index (χ1v) is 5.57. The molecule has 1 nitrogen and oxygen atoms in total. The molecule has 0 aromatic rings. The van der Waals surface area contributed by atoms with E-state index < -0.39 is 0 Å². The fourth-order valence-corrected chi connectivity index (χ4v) is 4.11. The van der Waals surface area contributed by atoms with Gasteiger partial charge in [-0.05, 0) is 56.3 Å². The van der Waals surface area contributed by atoms with Crippen LogP contribution >= 0.6 is 0 Å². The third-order valence-corrected chi connectivity index (χ3v) is 4.89. The first-order chi connectivity index (χ1) is 6.13. The molecule has 4 saturated carbocycles. The van der Waals surface area contributed by atoms with Gasteiger partial charge in [0.1, 0.15) is 0 Å². The highest BCUT2D eigenvalue weighted by Crippen LogP contribution is 2.66. The quantitative estimate of drug-likeness (QED) is 0.611. The second-order valence-corrected chi connectivity index (χ2v) is 5.56. The van der Waals surface area contributed by atoms with Gasteiger partial charge in [0.05, 0.1) is 0 Å². The minimum absolute atomic E-state index is 0.255. The van der Waals surface area contributed by atoms with Crippen LogP contribution in [0.5, 0.6) is 0 Å². The molecule has 4 rings (SSSR count). The van der Waals surface area contributed by atoms with Crippen LogP contribution in [0.1, 0.15) is 32.6 Å². The van der Waals surface area contributed by atoms with Gasteiger partial charge in [-0.25, -0.2) is 0 Å². The molecule has 0 saturated heterocycles. The predicted molar refractivity (Wildman–Crippen MR) is 54.2 cm³/mol. The lowest BCUT2D eigenvalue weighted by atomic mass is 9.61.